The standard InChI is InChI=1S/C10H14N4O/c1-7-5-9(11-3-2-4-15)8-6-12-14-10(8)13-7/h5-6,15H,2-4H2,1H3,(H2,11,12,13,14). The lowest BCUT2D eigenvalue weighted by Gasteiger charge is -2.06. The molecular formula is C10H14N4O. The fourth-order valence-corrected chi connectivity index (χ4v) is 1.51. The molecule has 2 rings (SSSR count). The van der Waals surface area contributed by atoms with E-state index in [4.69, 9.17) is 5.11 Å². The Bertz CT molecular complexity index is 452. The average Bonchev–Trinajstić information content (AvgIpc) is 2.65. The maximum absolute atomic E-state index is 8.70. The summed E-state index contributed by atoms with van der Waals surface area (Å²) >= 11 is 0. The van der Waals surface area contributed by atoms with Crippen LogP contribution >= 0.6 is 0 Å². The molecule has 5 nitrogen and oxygen atoms in total. The molecule has 0 saturated carbocycles. The first-order valence-electron chi connectivity index (χ1n) is 4.96. The van der Waals surface area contributed by atoms with Crippen molar-refractivity contribution in [2.24, 2.45) is 0 Å². The van der Waals surface area contributed by atoms with E-state index >= 15 is 0 Å². The van der Waals surface area contributed by atoms with Gasteiger partial charge in [0.15, 0.2) is 5.65 Å². The van der Waals surface area contributed by atoms with Gasteiger partial charge in [-0.15, -0.1) is 0 Å². The second-order valence-corrected chi connectivity index (χ2v) is 3.45. The number of aliphatic hydroxyl groups is 1. The van der Waals surface area contributed by atoms with Crippen molar-refractivity contribution in [1.82, 2.24) is 15.2 Å². The summed E-state index contributed by atoms with van der Waals surface area (Å²) in [5.74, 6) is 0. The average molecular weight is 206 g/mol. The molecule has 2 heterocycles. The van der Waals surface area contributed by atoms with Crippen LogP contribution in [0.15, 0.2) is 12.3 Å². The van der Waals surface area contributed by atoms with Gasteiger partial charge in [0.05, 0.1) is 11.6 Å². The largest absolute Gasteiger partial charge is 0.396 e. The van der Waals surface area contributed by atoms with Crippen LogP contribution in [0, 0.1) is 6.92 Å². The SMILES string of the molecule is Cc1cc(NCCCO)c2cn[nH]c2n1. The van der Waals surface area contributed by atoms with E-state index in [1.165, 1.54) is 0 Å². The van der Waals surface area contributed by atoms with Gasteiger partial charge in [0.2, 0.25) is 0 Å². The second-order valence-electron chi connectivity index (χ2n) is 3.45. The van der Waals surface area contributed by atoms with Crippen LogP contribution in [0.5, 0.6) is 0 Å². The van der Waals surface area contributed by atoms with Crippen LogP contribution in [0.3, 0.4) is 0 Å². The van der Waals surface area contributed by atoms with E-state index in [9.17, 15) is 0 Å². The number of aryl methyl sites for hydroxylation is 1. The Hall–Kier alpha value is -1.62. The van der Waals surface area contributed by atoms with E-state index in [2.05, 4.69) is 20.5 Å². The Labute approximate surface area is 87.5 Å². The van der Waals surface area contributed by atoms with Gasteiger partial charge in [0.25, 0.3) is 0 Å². The Morgan fingerprint density at radius 1 is 1.53 bits per heavy atom. The maximum atomic E-state index is 8.70. The molecule has 0 aliphatic carbocycles. The number of aromatic amines is 1. The predicted molar refractivity (Wildman–Crippen MR) is 58.8 cm³/mol. The van der Waals surface area contributed by atoms with Crippen LogP contribution in [-0.2, 0) is 0 Å². The van der Waals surface area contributed by atoms with E-state index in [1.807, 2.05) is 13.0 Å². The first-order chi connectivity index (χ1) is 7.31. The molecule has 0 spiro atoms. The first kappa shape index (κ1) is 9.92. The summed E-state index contributed by atoms with van der Waals surface area (Å²) < 4.78 is 0. The van der Waals surface area contributed by atoms with Gasteiger partial charge < -0.3 is 10.4 Å². The van der Waals surface area contributed by atoms with Crippen LogP contribution in [0.4, 0.5) is 5.69 Å². The maximum Gasteiger partial charge on any atom is 0.157 e. The van der Waals surface area contributed by atoms with Crippen LogP contribution in [0.1, 0.15) is 12.1 Å². The molecule has 0 aliphatic heterocycles. The molecule has 5 heteroatoms. The molecule has 0 radical (unpaired) electrons. The Kier molecular flexibility index (Phi) is 2.82. The topological polar surface area (TPSA) is 73.8 Å². The molecular weight excluding hydrogens is 192 g/mol. The van der Waals surface area contributed by atoms with E-state index in [-0.39, 0.29) is 6.61 Å². The Morgan fingerprint density at radius 2 is 2.40 bits per heavy atom. The van der Waals surface area contributed by atoms with Crippen molar-refractivity contribution in [3.63, 3.8) is 0 Å². The van der Waals surface area contributed by atoms with Crippen molar-refractivity contribution < 1.29 is 5.11 Å². The van der Waals surface area contributed by atoms with E-state index < -0.39 is 0 Å². The third-order valence-electron chi connectivity index (χ3n) is 2.20. The molecule has 0 atom stereocenters. The zero-order chi connectivity index (χ0) is 10.7. The summed E-state index contributed by atoms with van der Waals surface area (Å²) in [6.07, 6.45) is 2.49. The van der Waals surface area contributed by atoms with Crippen molar-refractivity contribution in [3.05, 3.63) is 18.0 Å². The monoisotopic (exact) mass is 206 g/mol. The number of nitrogens with zero attached hydrogens (tertiary/aromatic N) is 2. The lowest BCUT2D eigenvalue weighted by molar-refractivity contribution is 0.292. The second kappa shape index (κ2) is 4.27. The molecule has 0 saturated heterocycles. The summed E-state index contributed by atoms with van der Waals surface area (Å²) in [5, 5.41) is 19.7. The zero-order valence-electron chi connectivity index (χ0n) is 8.62. The Balaban J connectivity index is 2.27. The first-order valence-corrected chi connectivity index (χ1v) is 4.96. The third-order valence-corrected chi connectivity index (χ3v) is 2.20. The molecule has 2 aromatic rings. The zero-order valence-corrected chi connectivity index (χ0v) is 8.62. The normalized spacial score (nSPS) is 10.8. The number of nitrogens with one attached hydrogen (secondary N) is 2. The Morgan fingerprint density at radius 3 is 3.20 bits per heavy atom. The highest BCUT2D eigenvalue weighted by atomic mass is 16.3. The summed E-state index contributed by atoms with van der Waals surface area (Å²) in [4.78, 5) is 4.32. The number of fused-ring (bicyclic) bond motifs is 1. The molecule has 0 aromatic carbocycles. The number of aromatic nitrogens is 3. The van der Waals surface area contributed by atoms with Gasteiger partial charge in [-0.25, -0.2) is 4.98 Å². The van der Waals surface area contributed by atoms with Gasteiger partial charge in [-0.05, 0) is 19.4 Å². The summed E-state index contributed by atoms with van der Waals surface area (Å²) in [6.45, 7) is 2.89. The highest BCUT2D eigenvalue weighted by Crippen LogP contribution is 2.20. The molecule has 3 N–H and O–H groups in total. The van der Waals surface area contributed by atoms with Crippen molar-refractivity contribution in [1.29, 1.82) is 0 Å². The van der Waals surface area contributed by atoms with Gasteiger partial charge >= 0.3 is 0 Å². The van der Waals surface area contributed by atoms with Gasteiger partial charge in [-0.3, -0.25) is 5.10 Å². The van der Waals surface area contributed by atoms with Crippen molar-refractivity contribution in [2.45, 2.75) is 13.3 Å². The van der Waals surface area contributed by atoms with Crippen molar-refractivity contribution in [2.75, 3.05) is 18.5 Å². The highest BCUT2D eigenvalue weighted by molar-refractivity contribution is 5.88. The molecule has 80 valence electrons. The number of rotatable bonds is 4. The molecule has 0 bridgehead atoms. The van der Waals surface area contributed by atoms with Crippen LogP contribution in [-0.4, -0.2) is 33.4 Å². The summed E-state index contributed by atoms with van der Waals surface area (Å²) in [5.41, 5.74) is 2.75. The molecule has 0 fully saturated rings. The van der Waals surface area contributed by atoms with Crippen LogP contribution in [0.25, 0.3) is 11.0 Å². The lowest BCUT2D eigenvalue weighted by Crippen LogP contribution is -2.04. The van der Waals surface area contributed by atoms with Gasteiger partial charge in [0, 0.05) is 24.5 Å². The number of anilines is 1. The minimum atomic E-state index is 0.200. The van der Waals surface area contributed by atoms with E-state index in [0.717, 1.165) is 35.4 Å². The number of hydrogen-bond donors (Lipinski definition) is 3. The quantitative estimate of drug-likeness (QED) is 0.654. The van der Waals surface area contributed by atoms with Crippen molar-refractivity contribution in [3.8, 4) is 0 Å². The molecule has 0 aliphatic rings. The predicted octanol–water partition coefficient (Wildman–Crippen LogP) is 1.06. The molecule has 0 unspecified atom stereocenters. The fourth-order valence-electron chi connectivity index (χ4n) is 1.51. The smallest absolute Gasteiger partial charge is 0.157 e. The summed E-state index contributed by atoms with van der Waals surface area (Å²) in [6, 6.07) is 1.98. The van der Waals surface area contributed by atoms with Crippen molar-refractivity contribution >= 4 is 16.7 Å². The number of H-pyrrole nitrogens is 1. The van der Waals surface area contributed by atoms with Gasteiger partial charge in [0.1, 0.15) is 0 Å². The summed E-state index contributed by atoms with van der Waals surface area (Å²) in [7, 11) is 0. The number of hydrogen-bond acceptors (Lipinski definition) is 4. The highest BCUT2D eigenvalue weighted by Gasteiger charge is 2.04. The van der Waals surface area contributed by atoms with Crippen LogP contribution in [0.2, 0.25) is 0 Å². The number of aliphatic hydroxyl groups excluding tert-OH is 1. The van der Waals surface area contributed by atoms with Gasteiger partial charge in [-0.2, -0.15) is 5.10 Å². The third kappa shape index (κ3) is 2.07. The minimum absolute atomic E-state index is 0.200. The lowest BCUT2D eigenvalue weighted by atomic mass is 10.2. The fraction of sp³-hybridized carbons (Fsp3) is 0.400. The molecule has 0 amide bonds. The van der Waals surface area contributed by atoms with Crippen LogP contribution < -0.4 is 5.32 Å². The van der Waals surface area contributed by atoms with Gasteiger partial charge in [-0.1, -0.05) is 0 Å². The van der Waals surface area contributed by atoms with E-state index in [1.54, 1.807) is 6.20 Å². The molecule has 2 aromatic heterocycles. The molecule has 15 heavy (non-hydrogen) atoms. The minimum Gasteiger partial charge on any atom is -0.396 e. The number of pyridine rings is 1. The van der Waals surface area contributed by atoms with E-state index in [0.29, 0.717) is 0 Å².